The molecule has 1 heterocycles. The Balaban J connectivity index is 2.00. The number of methoxy groups -OCH3 is 1. The molecule has 0 amide bonds. The van der Waals surface area contributed by atoms with Crippen LogP contribution in [0.5, 0.6) is 5.75 Å². The zero-order valence-corrected chi connectivity index (χ0v) is 12.7. The van der Waals surface area contributed by atoms with Gasteiger partial charge in [-0.1, -0.05) is 12.1 Å². The van der Waals surface area contributed by atoms with E-state index >= 15 is 0 Å². The maximum atomic E-state index is 5.23. The van der Waals surface area contributed by atoms with Crippen LogP contribution in [-0.2, 0) is 6.54 Å². The van der Waals surface area contributed by atoms with Gasteiger partial charge in [-0.15, -0.1) is 11.3 Å². The molecule has 19 heavy (non-hydrogen) atoms. The van der Waals surface area contributed by atoms with E-state index in [-0.39, 0.29) is 0 Å². The quantitative estimate of drug-likeness (QED) is 0.905. The SMILES string of the molecule is COc1cccc(CNC(C)c2sc(C)nc2C)c1. The topological polar surface area (TPSA) is 34.1 Å². The Kier molecular flexibility index (Phi) is 4.56. The summed E-state index contributed by atoms with van der Waals surface area (Å²) >= 11 is 1.77. The van der Waals surface area contributed by atoms with Gasteiger partial charge in [-0.05, 0) is 38.5 Å². The maximum absolute atomic E-state index is 5.23. The van der Waals surface area contributed by atoms with Crippen molar-refractivity contribution >= 4 is 11.3 Å². The highest BCUT2D eigenvalue weighted by molar-refractivity contribution is 7.11. The molecule has 1 N–H and O–H groups in total. The largest absolute Gasteiger partial charge is 0.497 e. The normalized spacial score (nSPS) is 12.4. The number of hydrogen-bond acceptors (Lipinski definition) is 4. The number of nitrogens with zero attached hydrogens (tertiary/aromatic N) is 1. The van der Waals surface area contributed by atoms with Crippen LogP contribution in [0.3, 0.4) is 0 Å². The molecule has 102 valence electrons. The second-order valence-electron chi connectivity index (χ2n) is 4.64. The average Bonchev–Trinajstić information content (AvgIpc) is 2.75. The molecule has 1 unspecified atom stereocenters. The molecule has 0 aliphatic rings. The summed E-state index contributed by atoms with van der Waals surface area (Å²) in [5, 5.41) is 4.66. The van der Waals surface area contributed by atoms with E-state index in [9.17, 15) is 0 Å². The number of benzene rings is 1. The minimum atomic E-state index is 0.317. The van der Waals surface area contributed by atoms with Gasteiger partial charge in [-0.25, -0.2) is 4.98 Å². The predicted molar refractivity (Wildman–Crippen MR) is 79.8 cm³/mol. The molecule has 0 aliphatic heterocycles. The van der Waals surface area contributed by atoms with Gasteiger partial charge in [-0.2, -0.15) is 0 Å². The van der Waals surface area contributed by atoms with Crippen molar-refractivity contribution in [1.82, 2.24) is 10.3 Å². The molecule has 4 heteroatoms. The van der Waals surface area contributed by atoms with Gasteiger partial charge in [0.2, 0.25) is 0 Å². The van der Waals surface area contributed by atoms with Crippen molar-refractivity contribution in [3.05, 3.63) is 45.4 Å². The summed E-state index contributed by atoms with van der Waals surface area (Å²) in [4.78, 5) is 5.79. The Bertz CT molecular complexity index is 551. The molecule has 2 aromatic rings. The third-order valence-electron chi connectivity index (χ3n) is 3.08. The van der Waals surface area contributed by atoms with E-state index in [4.69, 9.17) is 4.74 Å². The van der Waals surface area contributed by atoms with Gasteiger partial charge < -0.3 is 10.1 Å². The van der Waals surface area contributed by atoms with Crippen LogP contribution < -0.4 is 10.1 Å². The molecular weight excluding hydrogens is 256 g/mol. The summed E-state index contributed by atoms with van der Waals surface area (Å²) in [6.07, 6.45) is 0. The lowest BCUT2D eigenvalue weighted by Gasteiger charge is -2.13. The first-order chi connectivity index (χ1) is 9.10. The summed E-state index contributed by atoms with van der Waals surface area (Å²) < 4.78 is 5.23. The smallest absolute Gasteiger partial charge is 0.119 e. The Labute approximate surface area is 118 Å². The lowest BCUT2D eigenvalue weighted by atomic mass is 10.2. The molecule has 0 radical (unpaired) electrons. The Morgan fingerprint density at radius 3 is 2.79 bits per heavy atom. The molecule has 0 bridgehead atoms. The van der Waals surface area contributed by atoms with Gasteiger partial charge in [0.05, 0.1) is 17.8 Å². The highest BCUT2D eigenvalue weighted by Gasteiger charge is 2.12. The number of thiazole rings is 1. The number of aryl methyl sites for hydroxylation is 2. The van der Waals surface area contributed by atoms with E-state index in [0.717, 1.165) is 23.0 Å². The van der Waals surface area contributed by atoms with Crippen molar-refractivity contribution in [3.63, 3.8) is 0 Å². The monoisotopic (exact) mass is 276 g/mol. The summed E-state index contributed by atoms with van der Waals surface area (Å²) in [6.45, 7) is 7.13. The molecule has 0 fully saturated rings. The first-order valence-corrected chi connectivity index (χ1v) is 7.22. The molecule has 2 rings (SSSR count). The van der Waals surface area contributed by atoms with Crippen molar-refractivity contribution in [2.45, 2.75) is 33.4 Å². The highest BCUT2D eigenvalue weighted by atomic mass is 32.1. The van der Waals surface area contributed by atoms with E-state index in [1.165, 1.54) is 10.4 Å². The van der Waals surface area contributed by atoms with Gasteiger partial charge in [0.1, 0.15) is 5.75 Å². The molecule has 1 aromatic carbocycles. The van der Waals surface area contributed by atoms with E-state index in [1.807, 2.05) is 12.1 Å². The standard InChI is InChI=1S/C15H20N2OS/c1-10(15-11(2)17-12(3)19-15)16-9-13-6-5-7-14(8-13)18-4/h5-8,10,16H,9H2,1-4H3. The van der Waals surface area contributed by atoms with Crippen LogP contribution in [0.25, 0.3) is 0 Å². The zero-order valence-electron chi connectivity index (χ0n) is 11.9. The molecule has 3 nitrogen and oxygen atoms in total. The minimum absolute atomic E-state index is 0.317. The molecule has 0 saturated carbocycles. The van der Waals surface area contributed by atoms with Crippen LogP contribution in [-0.4, -0.2) is 12.1 Å². The van der Waals surface area contributed by atoms with Crippen LogP contribution in [0.15, 0.2) is 24.3 Å². The van der Waals surface area contributed by atoms with Gasteiger partial charge in [0.15, 0.2) is 0 Å². The van der Waals surface area contributed by atoms with Crippen molar-refractivity contribution < 1.29 is 4.74 Å². The molecule has 0 aliphatic carbocycles. The fraction of sp³-hybridized carbons (Fsp3) is 0.400. The van der Waals surface area contributed by atoms with Crippen LogP contribution >= 0.6 is 11.3 Å². The van der Waals surface area contributed by atoms with Crippen molar-refractivity contribution in [2.24, 2.45) is 0 Å². The Morgan fingerprint density at radius 1 is 1.37 bits per heavy atom. The van der Waals surface area contributed by atoms with E-state index in [2.05, 4.69) is 43.2 Å². The number of ether oxygens (including phenoxy) is 1. The summed E-state index contributed by atoms with van der Waals surface area (Å²) in [5.74, 6) is 0.900. The molecule has 1 atom stereocenters. The van der Waals surface area contributed by atoms with E-state index in [1.54, 1.807) is 18.4 Å². The minimum Gasteiger partial charge on any atom is -0.497 e. The number of aromatic nitrogens is 1. The second kappa shape index (κ2) is 6.17. The zero-order chi connectivity index (χ0) is 13.8. The molecule has 1 aromatic heterocycles. The highest BCUT2D eigenvalue weighted by Crippen LogP contribution is 2.24. The third-order valence-corrected chi connectivity index (χ3v) is 4.33. The molecule has 0 spiro atoms. The van der Waals surface area contributed by atoms with E-state index < -0.39 is 0 Å². The van der Waals surface area contributed by atoms with E-state index in [0.29, 0.717) is 6.04 Å². The lowest BCUT2D eigenvalue weighted by Crippen LogP contribution is -2.17. The summed E-state index contributed by atoms with van der Waals surface area (Å²) in [6, 6.07) is 8.46. The van der Waals surface area contributed by atoms with Gasteiger partial charge in [0, 0.05) is 17.5 Å². The Hall–Kier alpha value is -1.39. The fourth-order valence-electron chi connectivity index (χ4n) is 2.09. The number of hydrogen-bond donors (Lipinski definition) is 1. The first-order valence-electron chi connectivity index (χ1n) is 6.40. The third kappa shape index (κ3) is 3.55. The Morgan fingerprint density at radius 2 is 2.16 bits per heavy atom. The van der Waals surface area contributed by atoms with Crippen LogP contribution in [0.1, 0.15) is 34.1 Å². The fourth-order valence-corrected chi connectivity index (χ4v) is 3.05. The van der Waals surface area contributed by atoms with Crippen LogP contribution in [0.2, 0.25) is 0 Å². The second-order valence-corrected chi connectivity index (χ2v) is 5.87. The average molecular weight is 276 g/mol. The molecule has 0 saturated heterocycles. The number of rotatable bonds is 5. The van der Waals surface area contributed by atoms with Crippen molar-refractivity contribution in [1.29, 1.82) is 0 Å². The maximum Gasteiger partial charge on any atom is 0.119 e. The van der Waals surface area contributed by atoms with Crippen LogP contribution in [0, 0.1) is 13.8 Å². The van der Waals surface area contributed by atoms with Gasteiger partial charge in [0.25, 0.3) is 0 Å². The lowest BCUT2D eigenvalue weighted by molar-refractivity contribution is 0.414. The predicted octanol–water partition coefficient (Wildman–Crippen LogP) is 3.62. The van der Waals surface area contributed by atoms with Gasteiger partial charge >= 0.3 is 0 Å². The summed E-state index contributed by atoms with van der Waals surface area (Å²) in [7, 11) is 1.69. The number of nitrogens with one attached hydrogen (secondary N) is 1. The van der Waals surface area contributed by atoms with Crippen LogP contribution in [0.4, 0.5) is 0 Å². The molecular formula is C15H20N2OS. The van der Waals surface area contributed by atoms with Crippen molar-refractivity contribution in [3.8, 4) is 5.75 Å². The van der Waals surface area contributed by atoms with Crippen molar-refractivity contribution in [2.75, 3.05) is 7.11 Å². The first kappa shape index (κ1) is 14.0. The van der Waals surface area contributed by atoms with Gasteiger partial charge in [-0.3, -0.25) is 0 Å². The summed E-state index contributed by atoms with van der Waals surface area (Å²) in [5.41, 5.74) is 2.36.